The Morgan fingerprint density at radius 1 is 1.17 bits per heavy atom. The Labute approximate surface area is 171 Å². The van der Waals surface area contributed by atoms with Gasteiger partial charge in [-0.1, -0.05) is 16.8 Å². The Balaban J connectivity index is 1.41. The molecule has 150 valence electrons. The number of rotatable bonds is 5. The van der Waals surface area contributed by atoms with E-state index >= 15 is 0 Å². The van der Waals surface area contributed by atoms with E-state index in [-0.39, 0.29) is 12.5 Å². The Bertz CT molecular complexity index is 1020. The third kappa shape index (κ3) is 4.60. The van der Waals surface area contributed by atoms with Crippen LogP contribution in [-0.4, -0.2) is 29.3 Å². The highest BCUT2D eigenvalue weighted by Gasteiger charge is 2.16. The van der Waals surface area contributed by atoms with Crippen molar-refractivity contribution in [1.29, 1.82) is 0 Å². The van der Waals surface area contributed by atoms with E-state index in [0.717, 1.165) is 6.42 Å². The van der Waals surface area contributed by atoms with Crippen molar-refractivity contribution in [1.82, 2.24) is 10.1 Å². The van der Waals surface area contributed by atoms with E-state index in [9.17, 15) is 4.79 Å². The van der Waals surface area contributed by atoms with Crippen LogP contribution in [0.4, 0.5) is 5.69 Å². The number of halogens is 1. The van der Waals surface area contributed by atoms with E-state index in [2.05, 4.69) is 15.5 Å². The second-order valence-corrected chi connectivity index (χ2v) is 6.73. The van der Waals surface area contributed by atoms with Gasteiger partial charge in [0.05, 0.1) is 23.9 Å². The van der Waals surface area contributed by atoms with Gasteiger partial charge < -0.3 is 24.1 Å². The van der Waals surface area contributed by atoms with Gasteiger partial charge in [-0.3, -0.25) is 4.79 Å². The Kier molecular flexibility index (Phi) is 5.53. The molecule has 0 spiro atoms. The third-order valence-electron chi connectivity index (χ3n) is 4.14. The minimum absolute atomic E-state index is 0.176. The molecule has 1 aromatic heterocycles. The first-order valence-electron chi connectivity index (χ1n) is 9.01. The number of fused-ring (bicyclic) bond motifs is 1. The Morgan fingerprint density at radius 3 is 2.59 bits per heavy atom. The monoisotopic (exact) mass is 415 g/mol. The molecule has 0 atom stereocenters. The van der Waals surface area contributed by atoms with Crippen LogP contribution in [0.5, 0.6) is 17.2 Å². The fourth-order valence-electron chi connectivity index (χ4n) is 2.72. The van der Waals surface area contributed by atoms with Crippen LogP contribution in [0.1, 0.15) is 28.5 Å². The number of benzene rings is 2. The number of carbonyl (C=O) groups is 1. The number of hydrogen-bond acceptors (Lipinski definition) is 7. The molecule has 0 radical (unpaired) electrons. The SMILES string of the molecule is Cc1nc(COc2ccc(C(=O)Nc3cc4c(cc3Cl)OCCCO4)cc2)no1. The highest BCUT2D eigenvalue weighted by molar-refractivity contribution is 6.34. The summed E-state index contributed by atoms with van der Waals surface area (Å²) in [6, 6.07) is 10.0. The van der Waals surface area contributed by atoms with E-state index in [1.54, 1.807) is 43.3 Å². The van der Waals surface area contributed by atoms with E-state index in [1.807, 2.05) is 0 Å². The molecule has 8 nitrogen and oxygen atoms in total. The third-order valence-corrected chi connectivity index (χ3v) is 4.45. The van der Waals surface area contributed by atoms with Gasteiger partial charge in [-0.2, -0.15) is 4.98 Å². The molecule has 1 aliphatic heterocycles. The van der Waals surface area contributed by atoms with Gasteiger partial charge in [0.15, 0.2) is 18.1 Å². The molecule has 4 rings (SSSR count). The zero-order chi connectivity index (χ0) is 20.2. The van der Waals surface area contributed by atoms with Crippen LogP contribution >= 0.6 is 11.6 Å². The van der Waals surface area contributed by atoms with Gasteiger partial charge in [-0.05, 0) is 24.3 Å². The second kappa shape index (κ2) is 8.40. The number of anilines is 1. The van der Waals surface area contributed by atoms with Crippen LogP contribution in [0.15, 0.2) is 40.9 Å². The average Bonchev–Trinajstić information content (AvgIpc) is 3.00. The number of nitrogens with zero attached hydrogens (tertiary/aromatic N) is 2. The van der Waals surface area contributed by atoms with Crippen molar-refractivity contribution >= 4 is 23.2 Å². The van der Waals surface area contributed by atoms with E-state index in [1.165, 1.54) is 0 Å². The molecule has 0 fully saturated rings. The van der Waals surface area contributed by atoms with Crippen LogP contribution in [0.25, 0.3) is 0 Å². The summed E-state index contributed by atoms with van der Waals surface area (Å²) in [5.41, 5.74) is 0.907. The van der Waals surface area contributed by atoms with Crippen molar-refractivity contribution in [2.75, 3.05) is 18.5 Å². The molecule has 29 heavy (non-hydrogen) atoms. The minimum atomic E-state index is -0.304. The molecule has 1 N–H and O–H groups in total. The highest BCUT2D eigenvalue weighted by Crippen LogP contribution is 2.37. The number of nitrogens with one attached hydrogen (secondary N) is 1. The maximum atomic E-state index is 12.6. The maximum absolute atomic E-state index is 12.6. The van der Waals surface area contributed by atoms with E-state index in [4.69, 9.17) is 30.3 Å². The topological polar surface area (TPSA) is 95.7 Å². The summed E-state index contributed by atoms with van der Waals surface area (Å²) in [5, 5.41) is 6.93. The molecule has 3 aromatic rings. The first-order valence-corrected chi connectivity index (χ1v) is 9.39. The normalized spacial score (nSPS) is 12.9. The van der Waals surface area contributed by atoms with Crippen LogP contribution < -0.4 is 19.5 Å². The lowest BCUT2D eigenvalue weighted by Gasteiger charge is -2.12. The standard InChI is InChI=1S/C20H18ClN3O5/c1-12-22-19(24-29-12)11-28-14-5-3-13(4-6-14)20(25)23-16-10-18-17(9-15(16)21)26-7-2-8-27-18/h3-6,9-10H,2,7-8,11H2,1H3,(H,23,25). The summed E-state index contributed by atoms with van der Waals surface area (Å²) < 4.78 is 21.7. The van der Waals surface area contributed by atoms with Gasteiger partial charge in [0, 0.05) is 31.0 Å². The number of aryl methyl sites for hydroxylation is 1. The molecular formula is C20H18ClN3O5. The largest absolute Gasteiger partial charge is 0.490 e. The quantitative estimate of drug-likeness (QED) is 0.672. The zero-order valence-electron chi connectivity index (χ0n) is 15.6. The molecule has 0 aliphatic carbocycles. The Morgan fingerprint density at radius 2 is 1.90 bits per heavy atom. The molecule has 0 saturated heterocycles. The second-order valence-electron chi connectivity index (χ2n) is 6.33. The fourth-order valence-corrected chi connectivity index (χ4v) is 2.93. The molecule has 9 heteroatoms. The highest BCUT2D eigenvalue weighted by atomic mass is 35.5. The van der Waals surface area contributed by atoms with Gasteiger partial charge in [0.2, 0.25) is 11.7 Å². The lowest BCUT2D eigenvalue weighted by molar-refractivity contribution is 0.102. The van der Waals surface area contributed by atoms with Crippen LogP contribution in [0.3, 0.4) is 0 Å². The van der Waals surface area contributed by atoms with Crippen molar-refractivity contribution in [3.05, 3.63) is 58.7 Å². The van der Waals surface area contributed by atoms with Gasteiger partial charge in [0.25, 0.3) is 5.91 Å². The van der Waals surface area contributed by atoms with Crippen molar-refractivity contribution < 1.29 is 23.5 Å². The summed E-state index contributed by atoms with van der Waals surface area (Å²) >= 11 is 6.28. The number of ether oxygens (including phenoxy) is 3. The van der Waals surface area contributed by atoms with Gasteiger partial charge in [0.1, 0.15) is 5.75 Å². The summed E-state index contributed by atoms with van der Waals surface area (Å²) in [6.07, 6.45) is 0.786. The molecule has 0 saturated carbocycles. The van der Waals surface area contributed by atoms with Crippen LogP contribution in [0.2, 0.25) is 5.02 Å². The van der Waals surface area contributed by atoms with Crippen LogP contribution in [0, 0.1) is 6.92 Å². The predicted molar refractivity (Wildman–Crippen MR) is 105 cm³/mol. The minimum Gasteiger partial charge on any atom is -0.490 e. The molecule has 1 aliphatic rings. The van der Waals surface area contributed by atoms with Gasteiger partial charge in [-0.15, -0.1) is 0 Å². The predicted octanol–water partition coefficient (Wildman–Crippen LogP) is 4.02. The first-order chi connectivity index (χ1) is 14.1. The summed E-state index contributed by atoms with van der Waals surface area (Å²) in [6.45, 7) is 3.00. The summed E-state index contributed by atoms with van der Waals surface area (Å²) in [7, 11) is 0. The number of hydrogen-bond donors (Lipinski definition) is 1. The molecule has 2 aromatic carbocycles. The maximum Gasteiger partial charge on any atom is 0.255 e. The number of aromatic nitrogens is 2. The number of carbonyl (C=O) groups excluding carboxylic acids is 1. The molecule has 0 bridgehead atoms. The zero-order valence-corrected chi connectivity index (χ0v) is 16.4. The van der Waals surface area contributed by atoms with Crippen molar-refractivity contribution in [3.63, 3.8) is 0 Å². The van der Waals surface area contributed by atoms with Gasteiger partial charge >= 0.3 is 0 Å². The lowest BCUT2D eigenvalue weighted by Crippen LogP contribution is -2.12. The molecule has 0 unspecified atom stereocenters. The van der Waals surface area contributed by atoms with Crippen LogP contribution in [-0.2, 0) is 6.61 Å². The van der Waals surface area contributed by atoms with E-state index in [0.29, 0.717) is 58.5 Å². The number of amides is 1. The molecule has 2 heterocycles. The van der Waals surface area contributed by atoms with E-state index < -0.39 is 0 Å². The molecular weight excluding hydrogens is 398 g/mol. The molecule has 1 amide bonds. The fraction of sp³-hybridized carbons (Fsp3) is 0.250. The van der Waals surface area contributed by atoms with Crippen molar-refractivity contribution in [3.8, 4) is 17.2 Å². The van der Waals surface area contributed by atoms with Crippen molar-refractivity contribution in [2.45, 2.75) is 20.0 Å². The first kappa shape index (κ1) is 19.1. The lowest BCUT2D eigenvalue weighted by atomic mass is 10.2. The van der Waals surface area contributed by atoms with Gasteiger partial charge in [-0.25, -0.2) is 0 Å². The smallest absolute Gasteiger partial charge is 0.255 e. The summed E-state index contributed by atoms with van der Waals surface area (Å²) in [5.74, 6) is 2.34. The summed E-state index contributed by atoms with van der Waals surface area (Å²) in [4.78, 5) is 16.6. The van der Waals surface area contributed by atoms with Crippen molar-refractivity contribution in [2.24, 2.45) is 0 Å². The average molecular weight is 416 g/mol. The Hall–Kier alpha value is -3.26.